The molecular weight excluding hydrogens is 268 g/mol. The van der Waals surface area contributed by atoms with Gasteiger partial charge in [-0.25, -0.2) is 12.7 Å². The first kappa shape index (κ1) is 16.4. The fourth-order valence-corrected chi connectivity index (χ4v) is 3.80. The van der Waals surface area contributed by atoms with Crippen molar-refractivity contribution in [1.82, 2.24) is 9.21 Å². The zero-order chi connectivity index (χ0) is 14.5. The van der Waals surface area contributed by atoms with Crippen LogP contribution in [0.4, 0.5) is 0 Å². The van der Waals surface area contributed by atoms with Crippen molar-refractivity contribution in [1.29, 1.82) is 0 Å². The smallest absolute Gasteiger partial charge is 0.304 e. The lowest BCUT2D eigenvalue weighted by atomic mass is 10.1. The molecule has 7 heteroatoms. The molecule has 0 spiro atoms. The largest absolute Gasteiger partial charge is 0.481 e. The van der Waals surface area contributed by atoms with Crippen LogP contribution in [0.25, 0.3) is 0 Å². The summed E-state index contributed by atoms with van der Waals surface area (Å²) in [5, 5.41) is 8.57. The van der Waals surface area contributed by atoms with E-state index >= 15 is 0 Å². The second-order valence-electron chi connectivity index (χ2n) is 5.05. The van der Waals surface area contributed by atoms with E-state index in [1.165, 1.54) is 4.31 Å². The van der Waals surface area contributed by atoms with Crippen molar-refractivity contribution in [2.75, 3.05) is 32.4 Å². The second-order valence-corrected chi connectivity index (χ2v) is 7.20. The molecule has 0 amide bonds. The minimum atomic E-state index is -3.45. The van der Waals surface area contributed by atoms with Crippen LogP contribution in [0.5, 0.6) is 0 Å². The van der Waals surface area contributed by atoms with Crippen LogP contribution in [0.3, 0.4) is 0 Å². The Morgan fingerprint density at radius 3 is 2.42 bits per heavy atom. The Kier molecular flexibility index (Phi) is 6.22. The lowest BCUT2D eigenvalue weighted by molar-refractivity contribution is -0.136. The molecule has 0 radical (unpaired) electrons. The predicted octanol–water partition coefficient (Wildman–Crippen LogP) is 0.597. The fraction of sp³-hybridized carbons (Fsp3) is 0.917. The molecule has 0 aromatic heterocycles. The van der Waals surface area contributed by atoms with E-state index in [2.05, 4.69) is 11.8 Å². The van der Waals surface area contributed by atoms with Crippen molar-refractivity contribution >= 4 is 16.0 Å². The monoisotopic (exact) mass is 292 g/mol. The molecule has 0 bridgehead atoms. The number of hydrogen-bond donors (Lipinski definition) is 1. The normalized spacial score (nSPS) is 18.9. The van der Waals surface area contributed by atoms with Gasteiger partial charge < -0.3 is 10.0 Å². The Bertz CT molecular complexity index is 389. The lowest BCUT2D eigenvalue weighted by Crippen LogP contribution is -2.46. The minimum absolute atomic E-state index is 0.00639. The van der Waals surface area contributed by atoms with Crippen molar-refractivity contribution in [3.8, 4) is 0 Å². The summed E-state index contributed by atoms with van der Waals surface area (Å²) in [5.41, 5.74) is 0. The highest BCUT2D eigenvalue weighted by Gasteiger charge is 2.29. The van der Waals surface area contributed by atoms with Gasteiger partial charge in [-0.15, -0.1) is 0 Å². The molecule has 0 aromatic rings. The van der Waals surface area contributed by atoms with E-state index in [0.29, 0.717) is 0 Å². The molecule has 1 saturated heterocycles. The van der Waals surface area contributed by atoms with Crippen LogP contribution in [0, 0.1) is 0 Å². The summed E-state index contributed by atoms with van der Waals surface area (Å²) < 4.78 is 25.4. The van der Waals surface area contributed by atoms with Crippen LogP contribution in [0.2, 0.25) is 0 Å². The summed E-state index contributed by atoms with van der Waals surface area (Å²) in [7, 11) is -1.88. The van der Waals surface area contributed by atoms with Gasteiger partial charge in [-0.3, -0.25) is 4.79 Å². The number of carbonyl (C=O) groups is 1. The summed E-state index contributed by atoms with van der Waals surface area (Å²) in [6, 6.07) is 0.00639. The third-order valence-corrected chi connectivity index (χ3v) is 5.52. The number of aliphatic carboxylic acids is 1. The van der Waals surface area contributed by atoms with Crippen LogP contribution in [-0.2, 0) is 14.8 Å². The Hall–Kier alpha value is -0.660. The first-order chi connectivity index (χ1) is 8.86. The van der Waals surface area contributed by atoms with E-state index in [4.69, 9.17) is 5.11 Å². The molecule has 1 aliphatic heterocycles. The van der Waals surface area contributed by atoms with Crippen LogP contribution >= 0.6 is 0 Å². The maximum absolute atomic E-state index is 12.0. The number of nitrogens with zero attached hydrogens (tertiary/aromatic N) is 2. The Morgan fingerprint density at radius 2 is 1.95 bits per heavy atom. The van der Waals surface area contributed by atoms with Gasteiger partial charge >= 0.3 is 5.97 Å². The molecule has 1 heterocycles. The van der Waals surface area contributed by atoms with Gasteiger partial charge in [0.05, 0.1) is 12.2 Å². The first-order valence-electron chi connectivity index (χ1n) is 6.76. The summed E-state index contributed by atoms with van der Waals surface area (Å²) in [5.74, 6) is -1.39. The van der Waals surface area contributed by atoms with Crippen molar-refractivity contribution in [2.45, 2.75) is 38.6 Å². The zero-order valence-electron chi connectivity index (χ0n) is 11.7. The topological polar surface area (TPSA) is 77.9 Å². The van der Waals surface area contributed by atoms with Crippen LogP contribution in [0.15, 0.2) is 0 Å². The quantitative estimate of drug-likeness (QED) is 0.743. The molecular formula is C12H24N2O4S. The summed E-state index contributed by atoms with van der Waals surface area (Å²) in [6.07, 6.45) is 2.42. The fourth-order valence-electron chi connectivity index (χ4n) is 2.41. The maximum atomic E-state index is 12.0. The average Bonchev–Trinajstić information content (AvgIpc) is 2.37. The van der Waals surface area contributed by atoms with Crippen molar-refractivity contribution in [2.24, 2.45) is 0 Å². The standard InChI is InChI=1S/C12H24N2O4S/c1-3-7-14-8-4-11(5-9-14)13(2)19(17,18)10-6-12(15)16/h11H,3-10H2,1-2H3,(H,15,16). The molecule has 6 nitrogen and oxygen atoms in total. The number of hydrogen-bond acceptors (Lipinski definition) is 4. The number of likely N-dealkylation sites (tertiary alicyclic amines) is 1. The molecule has 1 fully saturated rings. The van der Waals surface area contributed by atoms with Gasteiger partial charge in [0, 0.05) is 13.1 Å². The van der Waals surface area contributed by atoms with Gasteiger partial charge in [-0.1, -0.05) is 6.92 Å². The van der Waals surface area contributed by atoms with Crippen molar-refractivity contribution in [3.63, 3.8) is 0 Å². The van der Waals surface area contributed by atoms with Crippen LogP contribution in [-0.4, -0.2) is 67.2 Å². The molecule has 0 saturated carbocycles. The van der Waals surface area contributed by atoms with E-state index in [9.17, 15) is 13.2 Å². The average molecular weight is 292 g/mol. The molecule has 0 aliphatic carbocycles. The summed E-state index contributed by atoms with van der Waals surface area (Å²) in [4.78, 5) is 12.8. The first-order valence-corrected chi connectivity index (χ1v) is 8.37. The van der Waals surface area contributed by atoms with Crippen molar-refractivity contribution in [3.05, 3.63) is 0 Å². The number of carboxylic acids is 1. The van der Waals surface area contributed by atoms with E-state index in [1.807, 2.05) is 0 Å². The number of sulfonamides is 1. The molecule has 1 N–H and O–H groups in total. The number of piperidine rings is 1. The molecule has 1 rings (SSSR count). The summed E-state index contributed by atoms with van der Waals surface area (Å²) in [6.45, 7) is 5.02. The molecule has 112 valence electrons. The van der Waals surface area contributed by atoms with Gasteiger partial charge in [-0.2, -0.15) is 0 Å². The molecule has 0 unspecified atom stereocenters. The Labute approximate surface area is 115 Å². The summed E-state index contributed by atoms with van der Waals surface area (Å²) >= 11 is 0. The highest BCUT2D eigenvalue weighted by Crippen LogP contribution is 2.18. The highest BCUT2D eigenvalue weighted by molar-refractivity contribution is 7.89. The predicted molar refractivity (Wildman–Crippen MR) is 73.6 cm³/mol. The van der Waals surface area contributed by atoms with Gasteiger partial charge in [0.25, 0.3) is 0 Å². The van der Waals surface area contributed by atoms with Gasteiger partial charge in [0.15, 0.2) is 0 Å². The number of carboxylic acid groups (broad SMARTS) is 1. The van der Waals surface area contributed by atoms with Crippen LogP contribution < -0.4 is 0 Å². The molecule has 1 aliphatic rings. The minimum Gasteiger partial charge on any atom is -0.481 e. The van der Waals surface area contributed by atoms with E-state index in [-0.39, 0.29) is 18.2 Å². The maximum Gasteiger partial charge on any atom is 0.304 e. The van der Waals surface area contributed by atoms with Gasteiger partial charge in [0.1, 0.15) is 0 Å². The highest BCUT2D eigenvalue weighted by atomic mass is 32.2. The lowest BCUT2D eigenvalue weighted by Gasteiger charge is -2.36. The SMILES string of the molecule is CCCN1CCC(N(C)S(=O)(=O)CCC(=O)O)CC1. The molecule has 0 aromatic carbocycles. The Balaban J connectivity index is 2.49. The third kappa shape index (κ3) is 5.08. The van der Waals surface area contributed by atoms with Crippen molar-refractivity contribution < 1.29 is 18.3 Å². The van der Waals surface area contributed by atoms with Gasteiger partial charge in [-0.05, 0) is 38.9 Å². The number of rotatable bonds is 7. The Morgan fingerprint density at radius 1 is 1.37 bits per heavy atom. The van der Waals surface area contributed by atoms with Gasteiger partial charge in [0.2, 0.25) is 10.0 Å². The molecule has 0 atom stereocenters. The molecule has 19 heavy (non-hydrogen) atoms. The zero-order valence-corrected chi connectivity index (χ0v) is 12.5. The second kappa shape index (κ2) is 7.21. The third-order valence-electron chi connectivity index (χ3n) is 3.62. The van der Waals surface area contributed by atoms with E-state index in [0.717, 1.165) is 38.9 Å². The van der Waals surface area contributed by atoms with Crippen LogP contribution in [0.1, 0.15) is 32.6 Å². The van der Waals surface area contributed by atoms with E-state index in [1.54, 1.807) is 7.05 Å². The van der Waals surface area contributed by atoms with E-state index < -0.39 is 16.0 Å².